The Labute approximate surface area is 141 Å². The molecule has 4 fully saturated rings. The quantitative estimate of drug-likeness (QED) is 0.711. The van der Waals surface area contributed by atoms with Crippen LogP contribution >= 0.6 is 7.82 Å². The second-order valence-corrected chi connectivity index (χ2v) is 8.23. The van der Waals surface area contributed by atoms with Gasteiger partial charge in [0.05, 0.1) is 0 Å². The van der Waals surface area contributed by atoms with E-state index in [1.54, 1.807) is 0 Å². The average Bonchev–Trinajstić information content (AvgIpc) is 2.93. The number of rotatable bonds is 2. The monoisotopic (exact) mass is 342 g/mol. The van der Waals surface area contributed by atoms with Crippen molar-refractivity contribution in [2.45, 2.75) is 43.0 Å². The van der Waals surface area contributed by atoms with E-state index in [2.05, 4.69) is 12.1 Å². The van der Waals surface area contributed by atoms with Gasteiger partial charge in [-0.25, -0.2) is 13.6 Å². The molecule has 0 amide bonds. The number of hydrogen-bond acceptors (Lipinski definition) is 4. The zero-order valence-electron chi connectivity index (χ0n) is 13.3. The van der Waals surface area contributed by atoms with Gasteiger partial charge in [0.15, 0.2) is 5.60 Å². The standard InChI is InChI=1S/C19H19O4P/c20-24-21-18(22-24)14-8-7-13-17(15-9-3-1-4-10-15)19(18,23-24)16-11-5-2-6-12-16/h1-6,9-12,17H,7-8,13-14H2. The number of hydrogen-bond donors (Lipinski definition) is 0. The fourth-order valence-electron chi connectivity index (χ4n) is 4.55. The van der Waals surface area contributed by atoms with Gasteiger partial charge in [0, 0.05) is 12.3 Å². The van der Waals surface area contributed by atoms with E-state index in [9.17, 15) is 4.57 Å². The highest BCUT2D eigenvalue weighted by Gasteiger charge is 2.81. The molecule has 2 unspecified atom stereocenters. The molecule has 0 aromatic heterocycles. The van der Waals surface area contributed by atoms with E-state index >= 15 is 0 Å². The molecular formula is C19H19O4P. The summed E-state index contributed by atoms with van der Waals surface area (Å²) in [5, 5.41) is 0. The molecule has 1 spiro atoms. The van der Waals surface area contributed by atoms with Crippen molar-refractivity contribution in [2.75, 3.05) is 0 Å². The van der Waals surface area contributed by atoms with Gasteiger partial charge in [-0.05, 0) is 24.0 Å². The molecule has 124 valence electrons. The van der Waals surface area contributed by atoms with Crippen molar-refractivity contribution in [3.8, 4) is 0 Å². The average molecular weight is 342 g/mol. The molecule has 3 heterocycles. The Morgan fingerprint density at radius 3 is 2.25 bits per heavy atom. The summed E-state index contributed by atoms with van der Waals surface area (Å²) in [6.07, 6.45) is 3.69. The predicted octanol–water partition coefficient (Wildman–Crippen LogP) is 5.12. The van der Waals surface area contributed by atoms with Crippen LogP contribution in [0.15, 0.2) is 60.7 Å². The van der Waals surface area contributed by atoms with Crippen LogP contribution in [0, 0.1) is 0 Å². The molecule has 4 nitrogen and oxygen atoms in total. The summed E-state index contributed by atoms with van der Waals surface area (Å²) in [6, 6.07) is 20.3. The highest BCUT2D eigenvalue weighted by Crippen LogP contribution is 2.84. The van der Waals surface area contributed by atoms with Crippen LogP contribution in [0.1, 0.15) is 42.7 Å². The summed E-state index contributed by atoms with van der Waals surface area (Å²) in [5.41, 5.74) is 1.31. The van der Waals surface area contributed by atoms with E-state index in [0.717, 1.165) is 24.8 Å². The van der Waals surface area contributed by atoms with Crippen molar-refractivity contribution in [3.63, 3.8) is 0 Å². The summed E-state index contributed by atoms with van der Waals surface area (Å²) in [6.45, 7) is 0. The molecule has 5 heteroatoms. The molecule has 3 saturated heterocycles. The Balaban J connectivity index is 1.75. The first kappa shape index (κ1) is 14.9. The molecular weight excluding hydrogens is 323 g/mol. The molecule has 4 aliphatic rings. The number of phosphoric ester groups is 1. The van der Waals surface area contributed by atoms with E-state index in [1.165, 1.54) is 5.56 Å². The summed E-state index contributed by atoms with van der Waals surface area (Å²) < 4.78 is 30.5. The highest BCUT2D eigenvalue weighted by molar-refractivity contribution is 7.50. The van der Waals surface area contributed by atoms with Crippen LogP contribution in [0.2, 0.25) is 0 Å². The first-order valence-corrected chi connectivity index (χ1v) is 9.96. The molecule has 0 radical (unpaired) electrons. The third-order valence-corrected chi connectivity index (χ3v) is 7.03. The van der Waals surface area contributed by atoms with Crippen molar-refractivity contribution >= 4 is 7.82 Å². The van der Waals surface area contributed by atoms with E-state index in [1.807, 2.05) is 48.5 Å². The summed E-state index contributed by atoms with van der Waals surface area (Å²) in [5.74, 6) is -0.886. The minimum Gasteiger partial charge on any atom is -0.269 e. The Hall–Kier alpha value is -1.45. The third-order valence-electron chi connectivity index (χ3n) is 5.48. The van der Waals surface area contributed by atoms with Gasteiger partial charge in [0.25, 0.3) is 0 Å². The lowest BCUT2D eigenvalue weighted by Crippen LogP contribution is -2.53. The SMILES string of the molecule is O=P12OC3(CCCCC(c4ccccc4)C3(c3ccccc3)O1)O2. The van der Waals surface area contributed by atoms with Gasteiger partial charge in [-0.2, -0.15) is 0 Å². The van der Waals surface area contributed by atoms with Crippen LogP contribution in [-0.4, -0.2) is 5.79 Å². The fraction of sp³-hybridized carbons (Fsp3) is 0.368. The lowest BCUT2D eigenvalue weighted by atomic mass is 9.71. The van der Waals surface area contributed by atoms with Crippen LogP contribution in [0.3, 0.4) is 0 Å². The van der Waals surface area contributed by atoms with Crippen LogP contribution in [-0.2, 0) is 23.7 Å². The molecule has 2 aromatic rings. The van der Waals surface area contributed by atoms with E-state index in [0.29, 0.717) is 6.42 Å². The smallest absolute Gasteiger partial charge is 0.269 e. The Kier molecular flexibility index (Phi) is 3.11. The van der Waals surface area contributed by atoms with Gasteiger partial charge in [0.1, 0.15) is 0 Å². The molecule has 24 heavy (non-hydrogen) atoms. The third kappa shape index (κ3) is 1.83. The van der Waals surface area contributed by atoms with Gasteiger partial charge in [-0.15, -0.1) is 0 Å². The predicted molar refractivity (Wildman–Crippen MR) is 89.4 cm³/mol. The summed E-state index contributed by atoms with van der Waals surface area (Å²) in [4.78, 5) is 0. The molecule has 2 aromatic carbocycles. The maximum absolute atomic E-state index is 12.6. The van der Waals surface area contributed by atoms with Gasteiger partial charge >= 0.3 is 7.82 Å². The fourth-order valence-corrected chi connectivity index (χ4v) is 6.54. The maximum Gasteiger partial charge on any atom is 0.481 e. The van der Waals surface area contributed by atoms with Crippen LogP contribution < -0.4 is 0 Å². The maximum atomic E-state index is 12.6. The van der Waals surface area contributed by atoms with E-state index in [-0.39, 0.29) is 5.92 Å². The molecule has 0 N–H and O–H groups in total. The minimum atomic E-state index is -3.42. The van der Waals surface area contributed by atoms with Crippen molar-refractivity contribution in [1.29, 1.82) is 0 Å². The van der Waals surface area contributed by atoms with Crippen molar-refractivity contribution < 1.29 is 18.1 Å². The molecule has 2 atom stereocenters. The number of phosphoric acid groups is 1. The topological polar surface area (TPSA) is 44.8 Å². The summed E-state index contributed by atoms with van der Waals surface area (Å²) >= 11 is 0. The zero-order valence-corrected chi connectivity index (χ0v) is 14.2. The Morgan fingerprint density at radius 2 is 1.54 bits per heavy atom. The molecule has 1 aliphatic carbocycles. The molecule has 3 aliphatic heterocycles. The largest absolute Gasteiger partial charge is 0.481 e. The van der Waals surface area contributed by atoms with E-state index in [4.69, 9.17) is 13.6 Å². The van der Waals surface area contributed by atoms with Gasteiger partial charge in [-0.1, -0.05) is 67.1 Å². The zero-order chi connectivity index (χ0) is 16.3. The van der Waals surface area contributed by atoms with Gasteiger partial charge in [-0.3, -0.25) is 4.52 Å². The highest BCUT2D eigenvalue weighted by atomic mass is 31.2. The van der Waals surface area contributed by atoms with Crippen molar-refractivity contribution in [2.24, 2.45) is 0 Å². The first-order valence-electron chi connectivity index (χ1n) is 8.50. The van der Waals surface area contributed by atoms with Crippen molar-refractivity contribution in [3.05, 3.63) is 71.8 Å². The second-order valence-electron chi connectivity index (χ2n) is 6.78. The second kappa shape index (κ2) is 5.03. The van der Waals surface area contributed by atoms with Gasteiger partial charge < -0.3 is 0 Å². The van der Waals surface area contributed by atoms with Crippen LogP contribution in [0.25, 0.3) is 0 Å². The molecule has 2 bridgehead atoms. The van der Waals surface area contributed by atoms with Crippen LogP contribution in [0.4, 0.5) is 0 Å². The lowest BCUT2D eigenvalue weighted by Gasteiger charge is -2.44. The normalized spacial score (nSPS) is 40.4. The van der Waals surface area contributed by atoms with Gasteiger partial charge in [0.2, 0.25) is 5.79 Å². The summed E-state index contributed by atoms with van der Waals surface area (Å²) in [7, 11) is -3.42. The van der Waals surface area contributed by atoms with E-state index < -0.39 is 19.2 Å². The Bertz CT molecular complexity index is 797. The molecule has 1 saturated carbocycles. The minimum absolute atomic E-state index is 0.0434. The number of benzene rings is 2. The van der Waals surface area contributed by atoms with Crippen LogP contribution in [0.5, 0.6) is 0 Å². The van der Waals surface area contributed by atoms with Crippen molar-refractivity contribution in [1.82, 2.24) is 0 Å². The Morgan fingerprint density at radius 1 is 0.875 bits per heavy atom. The molecule has 6 rings (SSSR count). The first-order chi connectivity index (χ1) is 11.7. The lowest BCUT2D eigenvalue weighted by molar-refractivity contribution is -0.225.